The lowest BCUT2D eigenvalue weighted by Gasteiger charge is -2.24. The fourth-order valence-corrected chi connectivity index (χ4v) is 3.31. The average molecular weight is 375 g/mol. The van der Waals surface area contributed by atoms with Gasteiger partial charge in [-0.1, -0.05) is 37.1 Å². The van der Waals surface area contributed by atoms with E-state index in [0.717, 1.165) is 24.0 Å². The molecule has 1 atom stereocenters. The van der Waals surface area contributed by atoms with Gasteiger partial charge >= 0.3 is 0 Å². The van der Waals surface area contributed by atoms with E-state index in [1.807, 2.05) is 19.1 Å². The summed E-state index contributed by atoms with van der Waals surface area (Å²) in [6.45, 7) is 5.22. The van der Waals surface area contributed by atoms with E-state index in [1.165, 1.54) is 13.0 Å². The Balaban J connectivity index is 2.05. The third-order valence-electron chi connectivity index (χ3n) is 4.24. The van der Waals surface area contributed by atoms with Crippen molar-refractivity contribution < 1.29 is 18.7 Å². The number of ketones is 1. The van der Waals surface area contributed by atoms with Crippen molar-refractivity contribution in [1.29, 1.82) is 0 Å². The minimum Gasteiger partial charge on any atom is -0.444 e. The molecule has 2 aromatic carbocycles. The van der Waals surface area contributed by atoms with E-state index in [1.54, 1.807) is 31.2 Å². The van der Waals surface area contributed by atoms with Gasteiger partial charge < -0.3 is 9.47 Å². The number of ether oxygens (including phenoxy) is 2. The van der Waals surface area contributed by atoms with Crippen LogP contribution in [0.15, 0.2) is 42.5 Å². The van der Waals surface area contributed by atoms with E-state index in [4.69, 9.17) is 21.1 Å². The van der Waals surface area contributed by atoms with Crippen LogP contribution in [0.2, 0.25) is 5.02 Å². The fourth-order valence-electron chi connectivity index (χ4n) is 3.15. The van der Waals surface area contributed by atoms with E-state index < -0.39 is 11.6 Å². The number of para-hydroxylation sites is 1. The molecule has 0 unspecified atom stereocenters. The second kappa shape index (κ2) is 7.12. The van der Waals surface area contributed by atoms with Gasteiger partial charge in [-0.3, -0.25) is 4.79 Å². The number of carbonyl (C=O) groups excluding carboxylic acids is 1. The van der Waals surface area contributed by atoms with Crippen molar-refractivity contribution in [2.75, 3.05) is 0 Å². The van der Waals surface area contributed by atoms with Crippen molar-refractivity contribution in [1.82, 2.24) is 0 Å². The number of fused-ring (bicyclic) bond motifs is 1. The van der Waals surface area contributed by atoms with E-state index in [0.29, 0.717) is 16.5 Å². The van der Waals surface area contributed by atoms with Crippen LogP contribution in [0.4, 0.5) is 4.39 Å². The highest BCUT2D eigenvalue weighted by Crippen LogP contribution is 2.48. The van der Waals surface area contributed by atoms with Gasteiger partial charge in [0.15, 0.2) is 17.3 Å². The number of allylic oxidation sites excluding steroid dienone is 2. The summed E-state index contributed by atoms with van der Waals surface area (Å²) in [4.78, 5) is 11.6. The molecule has 3 nitrogen and oxygen atoms in total. The van der Waals surface area contributed by atoms with E-state index in [2.05, 4.69) is 0 Å². The molecule has 0 bridgehead atoms. The summed E-state index contributed by atoms with van der Waals surface area (Å²) in [7, 11) is 0. The molecule has 0 aromatic heterocycles. The van der Waals surface area contributed by atoms with Gasteiger partial charge in [0, 0.05) is 17.5 Å². The van der Waals surface area contributed by atoms with Crippen LogP contribution >= 0.6 is 11.6 Å². The molecule has 26 heavy (non-hydrogen) atoms. The molecule has 0 fully saturated rings. The maximum atomic E-state index is 14.4. The molecule has 1 aliphatic rings. The van der Waals surface area contributed by atoms with Crippen molar-refractivity contribution in [3.05, 3.63) is 64.4 Å². The molecule has 1 aliphatic heterocycles. The zero-order valence-corrected chi connectivity index (χ0v) is 15.7. The third-order valence-corrected chi connectivity index (χ3v) is 4.48. The zero-order valence-electron chi connectivity index (χ0n) is 14.9. The monoisotopic (exact) mass is 374 g/mol. The summed E-state index contributed by atoms with van der Waals surface area (Å²) in [6, 6.07) is 9.88. The van der Waals surface area contributed by atoms with Crippen LogP contribution in [0.3, 0.4) is 0 Å². The van der Waals surface area contributed by atoms with Crippen LogP contribution in [0.5, 0.6) is 11.5 Å². The van der Waals surface area contributed by atoms with Crippen LogP contribution in [0.25, 0.3) is 5.57 Å². The normalized spacial score (nSPS) is 18.9. The number of hydrogen-bond acceptors (Lipinski definition) is 3. The lowest BCUT2D eigenvalue weighted by atomic mass is 9.99. The first-order valence-corrected chi connectivity index (χ1v) is 8.90. The lowest BCUT2D eigenvalue weighted by molar-refractivity contribution is -0.112. The first-order chi connectivity index (χ1) is 12.3. The number of rotatable bonds is 5. The summed E-state index contributed by atoms with van der Waals surface area (Å²) in [5.41, 5.74) is 1.93. The fraction of sp³-hybridized carbons (Fsp3) is 0.286. The summed E-state index contributed by atoms with van der Waals surface area (Å²) in [5.74, 6) is -0.796. The Kier molecular flexibility index (Phi) is 5.05. The smallest absolute Gasteiger partial charge is 0.278 e. The van der Waals surface area contributed by atoms with Crippen LogP contribution in [0.1, 0.15) is 44.7 Å². The van der Waals surface area contributed by atoms with Crippen molar-refractivity contribution >= 4 is 23.0 Å². The highest BCUT2D eigenvalue weighted by molar-refractivity contribution is 6.30. The highest BCUT2D eigenvalue weighted by Gasteiger charge is 2.42. The molecule has 5 heteroatoms. The third kappa shape index (κ3) is 3.47. The topological polar surface area (TPSA) is 35.5 Å². The molecule has 0 radical (unpaired) electrons. The van der Waals surface area contributed by atoms with Gasteiger partial charge in [0.1, 0.15) is 5.82 Å². The van der Waals surface area contributed by atoms with Crippen molar-refractivity contribution in [2.24, 2.45) is 0 Å². The Morgan fingerprint density at radius 2 is 2.04 bits per heavy atom. The highest BCUT2D eigenvalue weighted by atomic mass is 35.5. The minimum absolute atomic E-state index is 0.0310. The molecule has 1 heterocycles. The molecule has 0 saturated carbocycles. The molecule has 3 rings (SSSR count). The van der Waals surface area contributed by atoms with Crippen LogP contribution in [0, 0.1) is 5.82 Å². The number of carbonyl (C=O) groups is 1. The Labute approximate surface area is 157 Å². The van der Waals surface area contributed by atoms with E-state index in [-0.39, 0.29) is 11.3 Å². The SMILES string of the molecule is CCC/C(=C\C(C)=O)c1cccc2c1O[C@](C)(c1ccc(Cl)cc1F)O2. The predicted octanol–water partition coefficient (Wildman–Crippen LogP) is 5.90. The zero-order chi connectivity index (χ0) is 18.9. The summed E-state index contributed by atoms with van der Waals surface area (Å²) >= 11 is 5.85. The molecule has 0 N–H and O–H groups in total. The van der Waals surface area contributed by atoms with Gasteiger partial charge in [-0.05, 0) is 49.3 Å². The number of halogens is 2. The molecule has 0 aliphatic carbocycles. The summed E-state index contributed by atoms with van der Waals surface area (Å²) in [5, 5.41) is 0.306. The van der Waals surface area contributed by atoms with Crippen molar-refractivity contribution in [3.63, 3.8) is 0 Å². The largest absolute Gasteiger partial charge is 0.444 e. The Morgan fingerprint density at radius 1 is 1.27 bits per heavy atom. The first-order valence-electron chi connectivity index (χ1n) is 8.52. The molecular formula is C21H20ClFO3. The molecule has 0 saturated heterocycles. The number of hydrogen-bond donors (Lipinski definition) is 0. The maximum Gasteiger partial charge on any atom is 0.278 e. The van der Waals surface area contributed by atoms with Gasteiger partial charge in [-0.25, -0.2) is 4.39 Å². The van der Waals surface area contributed by atoms with Gasteiger partial charge in [-0.15, -0.1) is 0 Å². The second-order valence-corrected chi connectivity index (χ2v) is 6.87. The van der Waals surface area contributed by atoms with Crippen LogP contribution in [-0.2, 0) is 10.6 Å². The van der Waals surface area contributed by atoms with Gasteiger partial charge in [0.05, 0.1) is 5.56 Å². The van der Waals surface area contributed by atoms with Crippen LogP contribution in [-0.4, -0.2) is 5.78 Å². The lowest BCUT2D eigenvalue weighted by Crippen LogP contribution is -2.32. The Hall–Kier alpha value is -2.33. The first kappa shape index (κ1) is 18.5. The van der Waals surface area contributed by atoms with Crippen LogP contribution < -0.4 is 9.47 Å². The van der Waals surface area contributed by atoms with Gasteiger partial charge in [-0.2, -0.15) is 0 Å². The Bertz CT molecular complexity index is 891. The molecule has 136 valence electrons. The average Bonchev–Trinajstić information content (AvgIpc) is 2.90. The second-order valence-electron chi connectivity index (χ2n) is 6.44. The molecule has 0 amide bonds. The van der Waals surface area contributed by atoms with Crippen molar-refractivity contribution in [2.45, 2.75) is 39.4 Å². The molecule has 2 aromatic rings. The standard InChI is InChI=1S/C21H20ClFO3/c1-4-6-14(11-13(2)24)16-7-5-8-19-20(16)26-21(3,25-19)17-10-9-15(22)12-18(17)23/h5,7-12H,4,6H2,1-3H3/b14-11+/t21-/m1/s1. The predicted molar refractivity (Wildman–Crippen MR) is 100 cm³/mol. The quantitative estimate of drug-likeness (QED) is 0.611. The van der Waals surface area contributed by atoms with Gasteiger partial charge in [0.25, 0.3) is 5.79 Å². The number of benzene rings is 2. The summed E-state index contributed by atoms with van der Waals surface area (Å²) in [6.07, 6.45) is 3.22. The molecular weight excluding hydrogens is 355 g/mol. The molecule has 0 spiro atoms. The van der Waals surface area contributed by atoms with E-state index >= 15 is 0 Å². The van der Waals surface area contributed by atoms with Crippen molar-refractivity contribution in [3.8, 4) is 11.5 Å². The summed E-state index contributed by atoms with van der Waals surface area (Å²) < 4.78 is 26.5. The maximum absolute atomic E-state index is 14.4. The van der Waals surface area contributed by atoms with E-state index in [9.17, 15) is 9.18 Å². The van der Waals surface area contributed by atoms with Gasteiger partial charge in [0.2, 0.25) is 0 Å². The minimum atomic E-state index is -1.30. The Morgan fingerprint density at radius 3 is 2.69 bits per heavy atom.